The molecule has 1 aromatic carbocycles. The molecule has 1 aromatic heterocycles. The smallest absolute Gasteiger partial charge is 0.246 e. The molecule has 0 saturated carbocycles. The molecule has 1 saturated heterocycles. The number of benzene rings is 1. The Labute approximate surface area is 129 Å². The first-order valence-electron chi connectivity index (χ1n) is 7.26. The summed E-state index contributed by atoms with van der Waals surface area (Å²) in [6, 6.07) is 11.5. The first kappa shape index (κ1) is 14.3. The van der Waals surface area contributed by atoms with Gasteiger partial charge in [0.15, 0.2) is 0 Å². The molecule has 22 heavy (non-hydrogen) atoms. The summed E-state index contributed by atoms with van der Waals surface area (Å²) in [5.41, 5.74) is 1.02. The van der Waals surface area contributed by atoms with Crippen molar-refractivity contribution in [3.63, 3.8) is 0 Å². The van der Waals surface area contributed by atoms with Gasteiger partial charge >= 0.3 is 0 Å². The number of likely N-dealkylation sites (tertiary alicyclic amines) is 1. The van der Waals surface area contributed by atoms with Gasteiger partial charge in [0, 0.05) is 31.3 Å². The summed E-state index contributed by atoms with van der Waals surface area (Å²) in [6.07, 6.45) is 7.35. The molecule has 1 aliphatic heterocycles. The van der Waals surface area contributed by atoms with Crippen LogP contribution in [0.2, 0.25) is 0 Å². The zero-order chi connectivity index (χ0) is 15.2. The first-order valence-corrected chi connectivity index (χ1v) is 7.26. The number of nitrogens with zero attached hydrogens (tertiary/aromatic N) is 3. The molecule has 1 amide bonds. The second kappa shape index (κ2) is 6.85. The van der Waals surface area contributed by atoms with Crippen molar-refractivity contribution in [1.29, 1.82) is 0 Å². The third-order valence-corrected chi connectivity index (χ3v) is 3.52. The molecule has 0 radical (unpaired) electrons. The largest absolute Gasteiger partial charge is 0.472 e. The van der Waals surface area contributed by atoms with Crippen LogP contribution in [0.15, 0.2) is 55.0 Å². The minimum absolute atomic E-state index is 0.0102. The van der Waals surface area contributed by atoms with E-state index in [1.807, 2.05) is 36.4 Å². The van der Waals surface area contributed by atoms with E-state index in [2.05, 4.69) is 9.97 Å². The predicted molar refractivity (Wildman–Crippen MR) is 83.1 cm³/mol. The van der Waals surface area contributed by atoms with Gasteiger partial charge in [-0.1, -0.05) is 30.3 Å². The maximum atomic E-state index is 12.2. The second-order valence-electron chi connectivity index (χ2n) is 5.10. The van der Waals surface area contributed by atoms with Crippen LogP contribution in [-0.4, -0.2) is 40.0 Å². The third kappa shape index (κ3) is 3.69. The predicted octanol–water partition coefficient (Wildman–Crippen LogP) is 2.17. The molecule has 1 unspecified atom stereocenters. The van der Waals surface area contributed by atoms with E-state index in [1.54, 1.807) is 23.2 Å². The summed E-state index contributed by atoms with van der Waals surface area (Å²) < 4.78 is 5.75. The van der Waals surface area contributed by atoms with Crippen molar-refractivity contribution in [3.05, 3.63) is 60.6 Å². The third-order valence-electron chi connectivity index (χ3n) is 3.52. The Hall–Kier alpha value is -2.69. The monoisotopic (exact) mass is 295 g/mol. The van der Waals surface area contributed by atoms with Gasteiger partial charge in [-0.25, -0.2) is 9.97 Å². The minimum Gasteiger partial charge on any atom is -0.472 e. The van der Waals surface area contributed by atoms with Crippen LogP contribution in [0.25, 0.3) is 6.08 Å². The van der Waals surface area contributed by atoms with Gasteiger partial charge in [0.05, 0.1) is 6.54 Å². The van der Waals surface area contributed by atoms with Gasteiger partial charge in [-0.15, -0.1) is 0 Å². The van der Waals surface area contributed by atoms with E-state index < -0.39 is 0 Å². The van der Waals surface area contributed by atoms with Crippen LogP contribution < -0.4 is 4.74 Å². The Morgan fingerprint density at radius 2 is 2.14 bits per heavy atom. The van der Waals surface area contributed by atoms with E-state index >= 15 is 0 Å². The fourth-order valence-corrected chi connectivity index (χ4v) is 2.38. The van der Waals surface area contributed by atoms with Gasteiger partial charge in [0.1, 0.15) is 12.4 Å². The Bertz CT molecular complexity index is 643. The molecule has 0 aliphatic carbocycles. The molecule has 3 rings (SSSR count). The van der Waals surface area contributed by atoms with Gasteiger partial charge in [-0.2, -0.15) is 0 Å². The molecular formula is C17H17N3O2. The quantitative estimate of drug-likeness (QED) is 0.811. The lowest BCUT2D eigenvalue weighted by atomic mass is 10.2. The maximum absolute atomic E-state index is 12.2. The minimum atomic E-state index is -0.0102. The highest BCUT2D eigenvalue weighted by atomic mass is 16.5. The van der Waals surface area contributed by atoms with Crippen LogP contribution in [0.5, 0.6) is 5.88 Å². The van der Waals surface area contributed by atoms with Gasteiger partial charge in [-0.3, -0.25) is 4.79 Å². The fourth-order valence-electron chi connectivity index (χ4n) is 2.38. The molecule has 0 N–H and O–H groups in total. The van der Waals surface area contributed by atoms with Crippen molar-refractivity contribution in [3.8, 4) is 5.88 Å². The Balaban J connectivity index is 1.54. The molecule has 1 fully saturated rings. The number of carbonyl (C=O) groups is 1. The van der Waals surface area contributed by atoms with Crippen LogP contribution in [0.1, 0.15) is 12.0 Å². The van der Waals surface area contributed by atoms with Gasteiger partial charge < -0.3 is 9.64 Å². The molecule has 1 atom stereocenters. The highest BCUT2D eigenvalue weighted by Gasteiger charge is 2.26. The van der Waals surface area contributed by atoms with Crippen molar-refractivity contribution < 1.29 is 9.53 Å². The molecule has 5 heteroatoms. The van der Waals surface area contributed by atoms with E-state index in [9.17, 15) is 4.79 Å². The maximum Gasteiger partial charge on any atom is 0.246 e. The number of amides is 1. The highest BCUT2D eigenvalue weighted by molar-refractivity contribution is 5.91. The first-order chi connectivity index (χ1) is 10.8. The van der Waals surface area contributed by atoms with Crippen LogP contribution >= 0.6 is 0 Å². The van der Waals surface area contributed by atoms with E-state index in [1.165, 1.54) is 6.33 Å². The van der Waals surface area contributed by atoms with Crippen molar-refractivity contribution in [1.82, 2.24) is 14.9 Å². The van der Waals surface area contributed by atoms with Crippen molar-refractivity contribution >= 4 is 12.0 Å². The van der Waals surface area contributed by atoms with E-state index in [-0.39, 0.29) is 12.0 Å². The Morgan fingerprint density at radius 3 is 2.91 bits per heavy atom. The van der Waals surface area contributed by atoms with E-state index in [0.29, 0.717) is 19.0 Å². The van der Waals surface area contributed by atoms with Crippen molar-refractivity contribution in [2.24, 2.45) is 0 Å². The number of rotatable bonds is 4. The highest BCUT2D eigenvalue weighted by Crippen LogP contribution is 2.16. The topological polar surface area (TPSA) is 55.3 Å². The summed E-state index contributed by atoms with van der Waals surface area (Å²) in [5.74, 6) is 0.562. The normalized spacial score (nSPS) is 17.8. The molecule has 2 heterocycles. The van der Waals surface area contributed by atoms with Gasteiger partial charge in [-0.05, 0) is 11.6 Å². The number of hydrogen-bond donors (Lipinski definition) is 0. The van der Waals surface area contributed by atoms with Crippen LogP contribution in [-0.2, 0) is 4.79 Å². The average Bonchev–Trinajstić information content (AvgIpc) is 3.03. The molecule has 0 spiro atoms. The summed E-state index contributed by atoms with van der Waals surface area (Å²) in [4.78, 5) is 21.9. The summed E-state index contributed by atoms with van der Waals surface area (Å²) in [7, 11) is 0. The number of carbonyl (C=O) groups excluding carboxylic acids is 1. The number of ether oxygens (including phenoxy) is 1. The summed E-state index contributed by atoms with van der Waals surface area (Å²) >= 11 is 0. The number of aromatic nitrogens is 2. The molecule has 2 aromatic rings. The SMILES string of the molecule is O=C(/C=C/c1ccccc1)N1CCC(Oc2ccncn2)C1. The van der Waals surface area contributed by atoms with Crippen molar-refractivity contribution in [2.75, 3.05) is 13.1 Å². The average molecular weight is 295 g/mol. The van der Waals surface area contributed by atoms with Crippen LogP contribution in [0.3, 0.4) is 0 Å². The van der Waals surface area contributed by atoms with Crippen LogP contribution in [0, 0.1) is 0 Å². The second-order valence-corrected chi connectivity index (χ2v) is 5.10. The zero-order valence-corrected chi connectivity index (χ0v) is 12.1. The molecule has 0 bridgehead atoms. The summed E-state index contributed by atoms with van der Waals surface area (Å²) in [5, 5.41) is 0. The molecule has 5 nitrogen and oxygen atoms in total. The molecule has 112 valence electrons. The fraction of sp³-hybridized carbons (Fsp3) is 0.235. The Morgan fingerprint density at radius 1 is 1.27 bits per heavy atom. The zero-order valence-electron chi connectivity index (χ0n) is 12.1. The van der Waals surface area contributed by atoms with E-state index in [4.69, 9.17) is 4.74 Å². The van der Waals surface area contributed by atoms with Crippen LogP contribution in [0.4, 0.5) is 0 Å². The Kier molecular flexibility index (Phi) is 4.44. The molecular weight excluding hydrogens is 278 g/mol. The van der Waals surface area contributed by atoms with Gasteiger partial charge in [0.25, 0.3) is 0 Å². The van der Waals surface area contributed by atoms with E-state index in [0.717, 1.165) is 12.0 Å². The standard InChI is InChI=1S/C17H17N3O2/c21-17(7-6-14-4-2-1-3-5-14)20-11-9-15(12-20)22-16-8-10-18-13-19-16/h1-8,10,13,15H,9,11-12H2/b7-6+. The number of hydrogen-bond acceptors (Lipinski definition) is 4. The lowest BCUT2D eigenvalue weighted by Gasteiger charge is -2.15. The van der Waals surface area contributed by atoms with Crippen molar-refractivity contribution in [2.45, 2.75) is 12.5 Å². The summed E-state index contributed by atoms with van der Waals surface area (Å²) in [6.45, 7) is 1.29. The molecule has 1 aliphatic rings. The van der Waals surface area contributed by atoms with Gasteiger partial charge in [0.2, 0.25) is 11.8 Å². The lowest BCUT2D eigenvalue weighted by Crippen LogP contribution is -2.29. The lowest BCUT2D eigenvalue weighted by molar-refractivity contribution is -0.125.